The summed E-state index contributed by atoms with van der Waals surface area (Å²) in [4.78, 5) is 16.6. The topological polar surface area (TPSA) is 76.4 Å². The van der Waals surface area contributed by atoms with Crippen molar-refractivity contribution in [1.82, 2.24) is 10.3 Å². The Bertz CT molecular complexity index is 940. The van der Waals surface area contributed by atoms with Crippen LogP contribution in [0.15, 0.2) is 65.7 Å². The molecule has 0 radical (unpaired) electrons. The van der Waals surface area contributed by atoms with Crippen molar-refractivity contribution in [2.24, 2.45) is 0 Å². The summed E-state index contributed by atoms with van der Waals surface area (Å²) in [5.74, 6) is 0.472. The molecule has 0 aliphatic carbocycles. The lowest BCUT2D eigenvalue weighted by Gasteiger charge is -2.11. The molecule has 29 heavy (non-hydrogen) atoms. The van der Waals surface area contributed by atoms with E-state index in [1.165, 1.54) is 12.6 Å². The van der Waals surface area contributed by atoms with Crippen LogP contribution in [0.25, 0.3) is 11.1 Å². The zero-order valence-electron chi connectivity index (χ0n) is 16.2. The van der Waals surface area contributed by atoms with Crippen molar-refractivity contribution in [3.05, 3.63) is 66.9 Å². The summed E-state index contributed by atoms with van der Waals surface area (Å²) < 4.78 is 10.8. The average molecular weight is 410 g/mol. The molecule has 0 spiro atoms. The maximum atomic E-state index is 12.5. The van der Waals surface area contributed by atoms with Crippen molar-refractivity contribution in [3.63, 3.8) is 0 Å². The third-order valence-electron chi connectivity index (χ3n) is 4.21. The molecule has 3 aromatic rings. The second kappa shape index (κ2) is 10.4. The van der Waals surface area contributed by atoms with Crippen LogP contribution in [0.2, 0.25) is 0 Å². The second-order valence-corrected chi connectivity index (χ2v) is 6.87. The van der Waals surface area contributed by atoms with E-state index < -0.39 is 0 Å². The van der Waals surface area contributed by atoms with E-state index >= 15 is 0 Å². The molecule has 1 amide bonds. The summed E-state index contributed by atoms with van der Waals surface area (Å²) in [5, 5.41) is 5.87. The predicted octanol–water partition coefficient (Wildman–Crippen LogP) is 5.04. The minimum Gasteiger partial charge on any atom is -0.494 e. The number of amides is 1. The number of anilines is 1. The van der Waals surface area contributed by atoms with Crippen LogP contribution in [0.3, 0.4) is 0 Å². The highest BCUT2D eigenvalue weighted by molar-refractivity contribution is 7.80. The third-order valence-corrected chi connectivity index (χ3v) is 4.41. The van der Waals surface area contributed by atoms with Crippen molar-refractivity contribution < 1.29 is 13.9 Å². The van der Waals surface area contributed by atoms with Crippen molar-refractivity contribution in [3.8, 4) is 16.9 Å². The highest BCUT2D eigenvalue weighted by Crippen LogP contribution is 2.20. The molecule has 0 fully saturated rings. The van der Waals surface area contributed by atoms with E-state index in [-0.39, 0.29) is 11.0 Å². The van der Waals surface area contributed by atoms with Crippen LogP contribution < -0.4 is 15.4 Å². The van der Waals surface area contributed by atoms with Crippen LogP contribution in [-0.2, 0) is 0 Å². The molecule has 2 aromatic heterocycles. The number of unbranched alkanes of at least 4 members (excludes halogenated alkanes) is 2. The Morgan fingerprint density at radius 1 is 1.14 bits per heavy atom. The van der Waals surface area contributed by atoms with Gasteiger partial charge in [0.15, 0.2) is 5.11 Å². The second-order valence-electron chi connectivity index (χ2n) is 6.46. The number of carbonyl (C=O) groups is 1. The molecule has 6 nitrogen and oxygen atoms in total. The minimum atomic E-state index is -0.337. The smallest absolute Gasteiger partial charge is 0.258 e. The van der Waals surface area contributed by atoms with Gasteiger partial charge in [0, 0.05) is 29.2 Å². The monoisotopic (exact) mass is 409 g/mol. The first kappa shape index (κ1) is 20.5. The van der Waals surface area contributed by atoms with Gasteiger partial charge in [-0.1, -0.05) is 19.8 Å². The van der Waals surface area contributed by atoms with Gasteiger partial charge in [-0.25, -0.2) is 0 Å². The summed E-state index contributed by atoms with van der Waals surface area (Å²) in [6, 6.07) is 11.0. The average Bonchev–Trinajstić information content (AvgIpc) is 3.27. The molecule has 7 heteroatoms. The number of rotatable bonds is 8. The number of hydrogen-bond donors (Lipinski definition) is 2. The number of benzene rings is 1. The molecule has 0 bridgehead atoms. The Hall–Kier alpha value is -3.19. The van der Waals surface area contributed by atoms with Gasteiger partial charge in [0.1, 0.15) is 5.75 Å². The molecule has 150 valence electrons. The molecule has 0 aliphatic heterocycles. The fourth-order valence-corrected chi connectivity index (χ4v) is 2.88. The fraction of sp³-hybridized carbons (Fsp3) is 0.227. The van der Waals surface area contributed by atoms with Gasteiger partial charge >= 0.3 is 0 Å². The van der Waals surface area contributed by atoms with Gasteiger partial charge < -0.3 is 14.5 Å². The summed E-state index contributed by atoms with van der Waals surface area (Å²) in [6.07, 6.45) is 9.71. The SMILES string of the molecule is CCCCCOc1ccc(NC(=S)NC(=O)c2cncc(-c3ccoc3)c2)cc1. The number of furan rings is 1. The number of carbonyl (C=O) groups excluding carboxylic acids is 1. The molecule has 1 aromatic carbocycles. The first-order valence-electron chi connectivity index (χ1n) is 9.48. The van der Waals surface area contributed by atoms with E-state index in [2.05, 4.69) is 22.5 Å². The van der Waals surface area contributed by atoms with E-state index in [1.54, 1.807) is 24.8 Å². The lowest BCUT2D eigenvalue weighted by atomic mass is 10.1. The van der Waals surface area contributed by atoms with Crippen molar-refractivity contribution >= 4 is 28.9 Å². The largest absolute Gasteiger partial charge is 0.494 e. The Balaban J connectivity index is 1.53. The highest BCUT2D eigenvalue weighted by Gasteiger charge is 2.10. The molecule has 2 N–H and O–H groups in total. The lowest BCUT2D eigenvalue weighted by molar-refractivity contribution is 0.0977. The Morgan fingerprint density at radius 2 is 1.97 bits per heavy atom. The zero-order valence-corrected chi connectivity index (χ0v) is 17.0. The van der Waals surface area contributed by atoms with Crippen molar-refractivity contribution in [2.75, 3.05) is 11.9 Å². The Kier molecular flexibility index (Phi) is 7.35. The van der Waals surface area contributed by atoms with Gasteiger partial charge in [0.05, 0.1) is 24.7 Å². The molecular weight excluding hydrogens is 386 g/mol. The molecule has 0 atom stereocenters. The van der Waals surface area contributed by atoms with Gasteiger partial charge in [-0.2, -0.15) is 0 Å². The van der Waals surface area contributed by atoms with Gasteiger partial charge in [-0.05, 0) is 55.0 Å². The number of nitrogens with one attached hydrogen (secondary N) is 2. The molecule has 3 rings (SSSR count). The maximum absolute atomic E-state index is 12.5. The zero-order chi connectivity index (χ0) is 20.5. The van der Waals surface area contributed by atoms with Crippen LogP contribution in [-0.4, -0.2) is 22.6 Å². The third kappa shape index (κ3) is 6.15. The summed E-state index contributed by atoms with van der Waals surface area (Å²) in [7, 11) is 0. The molecule has 0 unspecified atom stereocenters. The van der Waals surface area contributed by atoms with E-state index in [0.717, 1.165) is 35.4 Å². The number of nitrogens with zero attached hydrogens (tertiary/aromatic N) is 1. The normalized spacial score (nSPS) is 10.4. The van der Waals surface area contributed by atoms with Crippen LogP contribution in [0, 0.1) is 0 Å². The molecule has 2 heterocycles. The fourth-order valence-electron chi connectivity index (χ4n) is 2.66. The first-order chi connectivity index (χ1) is 14.2. The number of thiocarbonyl (C=S) groups is 1. The van der Waals surface area contributed by atoms with Gasteiger partial charge in [-0.15, -0.1) is 0 Å². The molecular formula is C22H23N3O3S. The van der Waals surface area contributed by atoms with Crippen LogP contribution in [0.1, 0.15) is 36.5 Å². The molecule has 0 saturated heterocycles. The molecule has 0 saturated carbocycles. The number of hydrogen-bond acceptors (Lipinski definition) is 5. The van der Waals surface area contributed by atoms with Crippen LogP contribution in [0.4, 0.5) is 5.69 Å². The quantitative estimate of drug-likeness (QED) is 0.401. The van der Waals surface area contributed by atoms with Gasteiger partial charge in [0.25, 0.3) is 5.91 Å². The minimum absolute atomic E-state index is 0.209. The van der Waals surface area contributed by atoms with Gasteiger partial charge in [-0.3, -0.25) is 15.1 Å². The van der Waals surface area contributed by atoms with Crippen LogP contribution in [0.5, 0.6) is 5.75 Å². The Labute approximate surface area is 175 Å². The predicted molar refractivity (Wildman–Crippen MR) is 117 cm³/mol. The number of aromatic nitrogens is 1. The summed E-state index contributed by atoms with van der Waals surface area (Å²) >= 11 is 5.25. The van der Waals surface area contributed by atoms with Crippen LogP contribution >= 0.6 is 12.2 Å². The van der Waals surface area contributed by atoms with Gasteiger partial charge in [0.2, 0.25) is 0 Å². The number of ether oxygens (including phenoxy) is 1. The van der Waals surface area contributed by atoms with Crippen molar-refractivity contribution in [1.29, 1.82) is 0 Å². The lowest BCUT2D eigenvalue weighted by Crippen LogP contribution is -2.34. The van der Waals surface area contributed by atoms with E-state index in [9.17, 15) is 4.79 Å². The van der Waals surface area contributed by atoms with E-state index in [1.807, 2.05) is 30.3 Å². The Morgan fingerprint density at radius 3 is 2.69 bits per heavy atom. The summed E-state index contributed by atoms with van der Waals surface area (Å²) in [6.45, 7) is 2.87. The molecule has 0 aliphatic rings. The standard InChI is InChI=1S/C22H23N3O3S/c1-2-3-4-10-28-20-7-5-19(6-8-20)24-22(29)25-21(26)18-12-17(13-23-14-18)16-9-11-27-15-16/h5-9,11-15H,2-4,10H2,1H3,(H2,24,25,26,29). The summed E-state index contributed by atoms with van der Waals surface area (Å²) in [5.41, 5.74) is 2.81. The van der Waals surface area contributed by atoms with E-state index in [0.29, 0.717) is 12.2 Å². The van der Waals surface area contributed by atoms with Crippen molar-refractivity contribution in [2.45, 2.75) is 26.2 Å². The highest BCUT2D eigenvalue weighted by atomic mass is 32.1. The maximum Gasteiger partial charge on any atom is 0.258 e. The van der Waals surface area contributed by atoms with E-state index in [4.69, 9.17) is 21.4 Å². The number of pyridine rings is 1. The first-order valence-corrected chi connectivity index (χ1v) is 9.89.